The molecule has 1 aromatic carbocycles. The van der Waals surface area contributed by atoms with Crippen molar-refractivity contribution in [2.24, 2.45) is 0 Å². The highest BCUT2D eigenvalue weighted by atomic mass is 16.4. The number of fused-ring (bicyclic) bond motifs is 1. The number of benzene rings is 1. The molecule has 3 rings (SSSR count). The molecule has 0 spiro atoms. The summed E-state index contributed by atoms with van der Waals surface area (Å²) in [7, 11) is 0. The van der Waals surface area contributed by atoms with E-state index in [4.69, 9.17) is 0 Å². The Labute approximate surface area is 134 Å². The molecule has 2 N–H and O–H groups in total. The van der Waals surface area contributed by atoms with Gasteiger partial charge in [-0.05, 0) is 37.1 Å². The number of carboxylic acid groups (broad SMARTS) is 1. The topological polar surface area (TPSA) is 79.3 Å². The number of hydrogen-bond acceptors (Lipinski definition) is 3. The molecule has 2 aromatic rings. The fraction of sp³-hybridized carbons (Fsp3) is 0.389. The highest BCUT2D eigenvalue weighted by molar-refractivity contribution is 6.00. The molecule has 0 radical (unpaired) electrons. The van der Waals surface area contributed by atoms with Gasteiger partial charge in [0.05, 0.1) is 5.52 Å². The lowest BCUT2D eigenvalue weighted by atomic mass is 9.89. The lowest BCUT2D eigenvalue weighted by Gasteiger charge is -2.29. The number of carbonyl (C=O) groups excluding carboxylic acids is 1. The molecule has 1 amide bonds. The van der Waals surface area contributed by atoms with Crippen LogP contribution in [-0.4, -0.2) is 27.5 Å². The minimum Gasteiger partial charge on any atom is -0.480 e. The van der Waals surface area contributed by atoms with Gasteiger partial charge in [0.2, 0.25) is 0 Å². The third-order valence-corrected chi connectivity index (χ3v) is 4.58. The van der Waals surface area contributed by atoms with Crippen LogP contribution >= 0.6 is 0 Å². The first-order chi connectivity index (χ1) is 11.1. The largest absolute Gasteiger partial charge is 0.480 e. The Morgan fingerprint density at radius 2 is 1.83 bits per heavy atom. The summed E-state index contributed by atoms with van der Waals surface area (Å²) in [5, 5.41) is 13.3. The van der Waals surface area contributed by atoms with Crippen molar-refractivity contribution in [3.05, 3.63) is 42.1 Å². The molecule has 0 atom stereocenters. The highest BCUT2D eigenvalue weighted by Crippen LogP contribution is 2.28. The number of carboxylic acids is 1. The van der Waals surface area contributed by atoms with Gasteiger partial charge in [0, 0.05) is 17.1 Å². The van der Waals surface area contributed by atoms with Gasteiger partial charge in [-0.3, -0.25) is 9.78 Å². The maximum Gasteiger partial charge on any atom is 0.329 e. The van der Waals surface area contributed by atoms with Crippen LogP contribution in [0.4, 0.5) is 0 Å². The Hall–Kier alpha value is -2.43. The Bertz CT molecular complexity index is 734. The zero-order valence-corrected chi connectivity index (χ0v) is 12.9. The SMILES string of the molecule is O=C(NC1(C(=O)O)CCCCCC1)c1ccc2ncccc2c1. The molecule has 1 fully saturated rings. The molecule has 1 aliphatic rings. The number of aliphatic carboxylic acids is 1. The molecule has 0 aliphatic heterocycles. The Kier molecular flexibility index (Phi) is 4.28. The van der Waals surface area contributed by atoms with Gasteiger partial charge in [0.1, 0.15) is 5.54 Å². The molecule has 5 heteroatoms. The summed E-state index contributed by atoms with van der Waals surface area (Å²) < 4.78 is 0. The Balaban J connectivity index is 1.86. The van der Waals surface area contributed by atoms with E-state index in [1.165, 1.54) is 0 Å². The smallest absolute Gasteiger partial charge is 0.329 e. The number of nitrogens with one attached hydrogen (secondary N) is 1. The van der Waals surface area contributed by atoms with Gasteiger partial charge in [-0.15, -0.1) is 0 Å². The third kappa shape index (κ3) is 3.18. The average molecular weight is 312 g/mol. The van der Waals surface area contributed by atoms with Crippen molar-refractivity contribution >= 4 is 22.8 Å². The van der Waals surface area contributed by atoms with Crippen LogP contribution < -0.4 is 5.32 Å². The van der Waals surface area contributed by atoms with Crippen molar-refractivity contribution < 1.29 is 14.7 Å². The van der Waals surface area contributed by atoms with E-state index in [1.54, 1.807) is 24.4 Å². The van der Waals surface area contributed by atoms with Crippen molar-refractivity contribution in [2.75, 3.05) is 0 Å². The molecular weight excluding hydrogens is 292 g/mol. The van der Waals surface area contributed by atoms with E-state index < -0.39 is 11.5 Å². The quantitative estimate of drug-likeness (QED) is 0.853. The monoisotopic (exact) mass is 312 g/mol. The van der Waals surface area contributed by atoms with Gasteiger partial charge in [-0.1, -0.05) is 31.7 Å². The van der Waals surface area contributed by atoms with E-state index in [1.807, 2.05) is 12.1 Å². The maximum atomic E-state index is 12.6. The summed E-state index contributed by atoms with van der Waals surface area (Å²) in [6.45, 7) is 0. The van der Waals surface area contributed by atoms with Crippen molar-refractivity contribution in [3.63, 3.8) is 0 Å². The molecule has 1 heterocycles. The van der Waals surface area contributed by atoms with Gasteiger partial charge >= 0.3 is 5.97 Å². The minimum atomic E-state index is -1.14. The second-order valence-electron chi connectivity index (χ2n) is 6.17. The van der Waals surface area contributed by atoms with Gasteiger partial charge in [0.25, 0.3) is 5.91 Å². The molecular formula is C18H20N2O3. The molecule has 0 saturated heterocycles. The van der Waals surface area contributed by atoms with Crippen molar-refractivity contribution in [3.8, 4) is 0 Å². The van der Waals surface area contributed by atoms with Gasteiger partial charge in [-0.25, -0.2) is 4.79 Å². The summed E-state index contributed by atoms with van der Waals surface area (Å²) in [6, 6.07) is 8.93. The van der Waals surface area contributed by atoms with Crippen molar-refractivity contribution in [2.45, 2.75) is 44.1 Å². The van der Waals surface area contributed by atoms with E-state index in [9.17, 15) is 14.7 Å². The first-order valence-electron chi connectivity index (χ1n) is 8.01. The molecule has 1 saturated carbocycles. The number of pyridine rings is 1. The summed E-state index contributed by atoms with van der Waals surface area (Å²) >= 11 is 0. The molecule has 0 bridgehead atoms. The standard InChI is InChI=1S/C18H20N2O3/c21-16(14-7-8-15-13(12-14)6-5-11-19-15)20-18(17(22)23)9-3-1-2-4-10-18/h5-8,11-12H,1-4,9-10H2,(H,20,21)(H,22,23). The number of aromatic nitrogens is 1. The van der Waals surface area contributed by atoms with Gasteiger partial charge in [-0.2, -0.15) is 0 Å². The zero-order valence-electron chi connectivity index (χ0n) is 12.9. The van der Waals surface area contributed by atoms with E-state index >= 15 is 0 Å². The number of carbonyl (C=O) groups is 2. The fourth-order valence-electron chi connectivity index (χ4n) is 3.23. The van der Waals surface area contributed by atoms with Crippen LogP contribution in [0, 0.1) is 0 Å². The number of nitrogens with zero attached hydrogens (tertiary/aromatic N) is 1. The summed E-state index contributed by atoms with van der Waals surface area (Å²) in [5.41, 5.74) is 0.138. The average Bonchev–Trinajstić information content (AvgIpc) is 2.81. The molecule has 1 aliphatic carbocycles. The summed E-state index contributed by atoms with van der Waals surface area (Å²) in [5.74, 6) is -1.27. The lowest BCUT2D eigenvalue weighted by molar-refractivity contribution is -0.145. The van der Waals surface area contributed by atoms with Crippen LogP contribution in [0.5, 0.6) is 0 Å². The molecule has 120 valence electrons. The van der Waals surface area contributed by atoms with Crippen LogP contribution in [0.2, 0.25) is 0 Å². The summed E-state index contributed by atoms with van der Waals surface area (Å²) in [6.07, 6.45) is 6.38. The van der Waals surface area contributed by atoms with E-state index in [-0.39, 0.29) is 5.91 Å². The highest BCUT2D eigenvalue weighted by Gasteiger charge is 2.40. The first-order valence-corrected chi connectivity index (χ1v) is 8.01. The predicted molar refractivity (Wildman–Crippen MR) is 87.3 cm³/mol. The molecule has 5 nitrogen and oxygen atoms in total. The third-order valence-electron chi connectivity index (χ3n) is 4.58. The zero-order chi connectivity index (χ0) is 16.3. The lowest BCUT2D eigenvalue weighted by Crippen LogP contribution is -2.54. The minimum absolute atomic E-state index is 0.333. The van der Waals surface area contributed by atoms with Crippen LogP contribution in [0.3, 0.4) is 0 Å². The van der Waals surface area contributed by atoms with E-state index in [0.29, 0.717) is 18.4 Å². The second-order valence-corrected chi connectivity index (χ2v) is 6.17. The van der Waals surface area contributed by atoms with Crippen LogP contribution in [0.25, 0.3) is 10.9 Å². The normalized spacial score (nSPS) is 17.4. The first kappa shape index (κ1) is 15.5. The van der Waals surface area contributed by atoms with E-state index in [2.05, 4.69) is 10.3 Å². The maximum absolute atomic E-state index is 12.6. The predicted octanol–water partition coefficient (Wildman–Crippen LogP) is 3.14. The Morgan fingerprint density at radius 1 is 1.09 bits per heavy atom. The second kappa shape index (κ2) is 6.36. The van der Waals surface area contributed by atoms with Crippen LogP contribution in [0.1, 0.15) is 48.9 Å². The Morgan fingerprint density at radius 3 is 2.52 bits per heavy atom. The summed E-state index contributed by atoms with van der Waals surface area (Å²) in [4.78, 5) is 28.6. The number of rotatable bonds is 3. The van der Waals surface area contributed by atoms with Crippen molar-refractivity contribution in [1.29, 1.82) is 0 Å². The molecule has 0 unspecified atom stereocenters. The van der Waals surface area contributed by atoms with Gasteiger partial charge in [0.15, 0.2) is 0 Å². The fourth-order valence-corrected chi connectivity index (χ4v) is 3.23. The van der Waals surface area contributed by atoms with Gasteiger partial charge < -0.3 is 10.4 Å². The van der Waals surface area contributed by atoms with Crippen molar-refractivity contribution in [1.82, 2.24) is 10.3 Å². The number of hydrogen-bond donors (Lipinski definition) is 2. The molecule has 1 aromatic heterocycles. The van der Waals surface area contributed by atoms with Crippen LogP contribution in [-0.2, 0) is 4.79 Å². The van der Waals surface area contributed by atoms with Crippen LogP contribution in [0.15, 0.2) is 36.5 Å². The van der Waals surface area contributed by atoms with E-state index in [0.717, 1.165) is 36.6 Å². The molecule has 23 heavy (non-hydrogen) atoms. The number of amides is 1.